The van der Waals surface area contributed by atoms with Crippen molar-refractivity contribution in [1.82, 2.24) is 5.32 Å². The zero-order valence-electron chi connectivity index (χ0n) is 26.8. The summed E-state index contributed by atoms with van der Waals surface area (Å²) in [7, 11) is 1.68. The number of hydrogen-bond acceptors (Lipinski definition) is 6. The third kappa shape index (κ3) is 10.5. The summed E-state index contributed by atoms with van der Waals surface area (Å²) in [5.41, 5.74) is 2.74. The van der Waals surface area contributed by atoms with E-state index >= 15 is 0 Å². The lowest BCUT2D eigenvalue weighted by Crippen LogP contribution is -2.42. The summed E-state index contributed by atoms with van der Waals surface area (Å²) in [6.45, 7) is 4.09. The van der Waals surface area contributed by atoms with Crippen molar-refractivity contribution in [3.63, 3.8) is 0 Å². The van der Waals surface area contributed by atoms with Crippen molar-refractivity contribution in [1.29, 1.82) is 0 Å². The molecule has 0 radical (unpaired) electrons. The van der Waals surface area contributed by atoms with Crippen LogP contribution in [-0.2, 0) is 20.9 Å². The Morgan fingerprint density at radius 2 is 1.47 bits per heavy atom. The Hall–Kier alpha value is -5.64. The van der Waals surface area contributed by atoms with Crippen molar-refractivity contribution in [3.8, 4) is 5.75 Å². The summed E-state index contributed by atoms with van der Waals surface area (Å²) >= 11 is 0. The minimum absolute atomic E-state index is 0.127. The van der Waals surface area contributed by atoms with Crippen LogP contribution in [0.1, 0.15) is 36.2 Å². The van der Waals surface area contributed by atoms with Crippen molar-refractivity contribution in [2.45, 2.75) is 26.9 Å². The molecule has 0 aliphatic carbocycles. The predicted octanol–water partition coefficient (Wildman–Crippen LogP) is 6.29. The molecule has 10 heteroatoms. The number of urea groups is 1. The highest BCUT2D eigenvalue weighted by Gasteiger charge is 2.22. The van der Waals surface area contributed by atoms with Gasteiger partial charge in [-0.3, -0.25) is 9.59 Å². The molecule has 0 bridgehead atoms. The maximum Gasteiger partial charge on any atom is 0.338 e. The highest BCUT2D eigenvalue weighted by atomic mass is 16.5. The Kier molecular flexibility index (Phi) is 12.5. The van der Waals surface area contributed by atoms with Gasteiger partial charge in [-0.15, -0.1) is 0 Å². The fourth-order valence-corrected chi connectivity index (χ4v) is 4.56. The highest BCUT2D eigenvalue weighted by molar-refractivity contribution is 6.00. The number of likely N-dealkylation sites (N-methyl/N-ethyl adjacent to an activating group) is 1. The monoisotopic (exact) mass is 636 g/mol. The molecule has 0 saturated carbocycles. The summed E-state index contributed by atoms with van der Waals surface area (Å²) in [6, 6.07) is 31.3. The molecular weight excluding hydrogens is 596 g/mol. The topological polar surface area (TPSA) is 117 Å². The van der Waals surface area contributed by atoms with Crippen LogP contribution < -0.4 is 25.2 Å². The fraction of sp³-hybridized carbons (Fsp3) is 0.243. The van der Waals surface area contributed by atoms with Crippen molar-refractivity contribution < 1.29 is 28.7 Å². The van der Waals surface area contributed by atoms with Crippen LogP contribution in [0.25, 0.3) is 0 Å². The molecule has 4 aromatic carbocycles. The van der Waals surface area contributed by atoms with E-state index in [1.807, 2.05) is 60.7 Å². The molecule has 0 unspecified atom stereocenters. The van der Waals surface area contributed by atoms with E-state index in [0.29, 0.717) is 36.0 Å². The molecule has 2 N–H and O–H groups in total. The molecular formula is C37H40N4O6. The van der Waals surface area contributed by atoms with E-state index in [4.69, 9.17) is 9.47 Å². The molecule has 47 heavy (non-hydrogen) atoms. The first-order valence-electron chi connectivity index (χ1n) is 15.4. The van der Waals surface area contributed by atoms with Gasteiger partial charge in [0.2, 0.25) is 5.91 Å². The molecule has 4 aromatic rings. The second-order valence-corrected chi connectivity index (χ2v) is 11.2. The van der Waals surface area contributed by atoms with E-state index < -0.39 is 12.0 Å². The van der Waals surface area contributed by atoms with Gasteiger partial charge < -0.3 is 29.9 Å². The van der Waals surface area contributed by atoms with Crippen molar-refractivity contribution >= 4 is 40.9 Å². The Balaban J connectivity index is 1.36. The molecule has 0 spiro atoms. The van der Waals surface area contributed by atoms with E-state index in [1.54, 1.807) is 54.4 Å². The summed E-state index contributed by atoms with van der Waals surface area (Å²) < 4.78 is 11.3. The molecule has 0 saturated heterocycles. The van der Waals surface area contributed by atoms with Gasteiger partial charge in [0.05, 0.1) is 17.8 Å². The number of nitrogens with one attached hydrogen (secondary N) is 2. The van der Waals surface area contributed by atoms with Gasteiger partial charge in [0.1, 0.15) is 12.4 Å². The molecule has 0 aromatic heterocycles. The molecule has 0 aliphatic rings. The summed E-state index contributed by atoms with van der Waals surface area (Å²) in [5, 5.41) is 5.28. The number of benzene rings is 4. The smallest absolute Gasteiger partial charge is 0.338 e. The van der Waals surface area contributed by atoms with Crippen LogP contribution in [0, 0.1) is 5.92 Å². The summed E-state index contributed by atoms with van der Waals surface area (Å²) in [6.07, 6.45) is 0.703. The average Bonchev–Trinajstić information content (AvgIpc) is 3.09. The van der Waals surface area contributed by atoms with Crippen molar-refractivity contribution in [2.24, 2.45) is 5.92 Å². The lowest BCUT2D eigenvalue weighted by molar-refractivity contribution is -0.120. The lowest BCUT2D eigenvalue weighted by Gasteiger charge is -2.26. The van der Waals surface area contributed by atoms with Gasteiger partial charge in [-0.05, 0) is 60.4 Å². The molecule has 0 heterocycles. The number of carbonyl (C=O) groups excluding carboxylic acids is 4. The van der Waals surface area contributed by atoms with Gasteiger partial charge in [0.15, 0.2) is 6.61 Å². The maximum absolute atomic E-state index is 13.5. The SMILES string of the molecule is CC(C)CCN(C(=O)CNC(=O)Nc1cccc(C(=O)OCc2ccccc2)c1)c1ccccc1OCC(=O)N(C)c1ccccc1. The van der Waals surface area contributed by atoms with Crippen molar-refractivity contribution in [3.05, 3.63) is 120 Å². The van der Waals surface area contributed by atoms with E-state index in [2.05, 4.69) is 24.5 Å². The van der Waals surface area contributed by atoms with Gasteiger partial charge in [-0.2, -0.15) is 0 Å². The van der Waals surface area contributed by atoms with Crippen LogP contribution in [0.4, 0.5) is 21.9 Å². The van der Waals surface area contributed by atoms with Gasteiger partial charge in [-0.1, -0.05) is 80.6 Å². The Labute approximate surface area is 275 Å². The number of rotatable bonds is 14. The second kappa shape index (κ2) is 17.2. The largest absolute Gasteiger partial charge is 0.482 e. The molecule has 0 aliphatic heterocycles. The Morgan fingerprint density at radius 3 is 2.19 bits per heavy atom. The Morgan fingerprint density at radius 1 is 0.787 bits per heavy atom. The highest BCUT2D eigenvalue weighted by Crippen LogP contribution is 2.29. The van der Waals surface area contributed by atoms with Crippen LogP contribution in [0.15, 0.2) is 109 Å². The Bertz CT molecular complexity index is 1650. The van der Waals surface area contributed by atoms with Crippen LogP contribution in [-0.4, -0.2) is 50.6 Å². The maximum atomic E-state index is 13.5. The first-order chi connectivity index (χ1) is 22.7. The second-order valence-electron chi connectivity index (χ2n) is 11.2. The lowest BCUT2D eigenvalue weighted by atomic mass is 10.1. The third-order valence-electron chi connectivity index (χ3n) is 7.22. The molecule has 244 valence electrons. The zero-order chi connectivity index (χ0) is 33.6. The number of hydrogen-bond donors (Lipinski definition) is 2. The molecule has 0 fully saturated rings. The number of ether oxygens (including phenoxy) is 2. The number of amides is 4. The molecule has 0 atom stereocenters. The number of anilines is 3. The summed E-state index contributed by atoms with van der Waals surface area (Å²) in [4.78, 5) is 54.8. The van der Waals surface area contributed by atoms with E-state index in [-0.39, 0.29) is 37.1 Å². The van der Waals surface area contributed by atoms with Gasteiger partial charge in [0.25, 0.3) is 5.91 Å². The normalized spacial score (nSPS) is 10.6. The molecule has 4 rings (SSSR count). The minimum atomic E-state index is -0.615. The number of para-hydroxylation sites is 3. The molecule has 10 nitrogen and oxygen atoms in total. The zero-order valence-corrected chi connectivity index (χ0v) is 26.8. The quantitative estimate of drug-likeness (QED) is 0.157. The number of carbonyl (C=O) groups is 4. The van der Waals surface area contributed by atoms with Crippen LogP contribution in [0.5, 0.6) is 5.75 Å². The third-order valence-corrected chi connectivity index (χ3v) is 7.22. The fourth-order valence-electron chi connectivity index (χ4n) is 4.56. The van der Waals surface area contributed by atoms with E-state index in [0.717, 1.165) is 11.3 Å². The van der Waals surface area contributed by atoms with E-state index in [9.17, 15) is 19.2 Å². The van der Waals surface area contributed by atoms with Gasteiger partial charge >= 0.3 is 12.0 Å². The average molecular weight is 637 g/mol. The van der Waals surface area contributed by atoms with Crippen LogP contribution in [0.2, 0.25) is 0 Å². The van der Waals surface area contributed by atoms with Crippen LogP contribution >= 0.6 is 0 Å². The van der Waals surface area contributed by atoms with Crippen LogP contribution in [0.3, 0.4) is 0 Å². The number of nitrogens with zero attached hydrogens (tertiary/aromatic N) is 2. The minimum Gasteiger partial charge on any atom is -0.482 e. The molecule has 4 amide bonds. The van der Waals surface area contributed by atoms with E-state index in [1.165, 1.54) is 11.0 Å². The standard InChI is InChI=1S/C37H40N4O6/c1-27(2)21-22-41(32-19-10-11-20-33(32)46-26-35(43)40(3)31-17-8-5-9-18-31)34(42)24-38-37(45)39-30-16-12-15-29(23-30)36(44)47-25-28-13-6-4-7-14-28/h4-20,23,27H,21-22,24-26H2,1-3H3,(H2,38,39,45). The number of esters is 1. The predicted molar refractivity (Wildman–Crippen MR) is 183 cm³/mol. The summed E-state index contributed by atoms with van der Waals surface area (Å²) in [5.74, 6) is -0.453. The first-order valence-corrected chi connectivity index (χ1v) is 15.4. The van der Waals surface area contributed by atoms with Gasteiger partial charge in [0, 0.05) is 25.0 Å². The first kappa shape index (κ1) is 34.2. The van der Waals surface area contributed by atoms with Gasteiger partial charge in [-0.25, -0.2) is 9.59 Å². The van der Waals surface area contributed by atoms with Crippen molar-refractivity contribution in [2.75, 3.05) is 41.9 Å².